The van der Waals surface area contributed by atoms with Crippen LogP contribution in [-0.4, -0.2) is 31.3 Å². The fourth-order valence-corrected chi connectivity index (χ4v) is 4.32. The zero-order valence-electron chi connectivity index (χ0n) is 18.4. The molecule has 172 valence electrons. The molecule has 4 rings (SSSR count). The normalized spacial score (nSPS) is 10.8. The number of benzene rings is 3. The number of nitrogens with one attached hydrogen (secondary N) is 1. The van der Waals surface area contributed by atoms with Crippen molar-refractivity contribution in [3.05, 3.63) is 93.0 Å². The van der Waals surface area contributed by atoms with Gasteiger partial charge in [0.05, 0.1) is 21.4 Å². The first kappa shape index (κ1) is 23.5. The molecule has 34 heavy (non-hydrogen) atoms. The van der Waals surface area contributed by atoms with Crippen molar-refractivity contribution in [3.8, 4) is 17.1 Å². The summed E-state index contributed by atoms with van der Waals surface area (Å²) in [6.45, 7) is 4.01. The molecule has 0 saturated carbocycles. The van der Waals surface area contributed by atoms with E-state index in [4.69, 9.17) is 11.6 Å². The lowest BCUT2D eigenvalue weighted by Gasteiger charge is -2.14. The van der Waals surface area contributed by atoms with Crippen LogP contribution in [0.5, 0.6) is 0 Å². The number of nitro benzene ring substituents is 1. The van der Waals surface area contributed by atoms with Crippen LogP contribution in [0.1, 0.15) is 11.1 Å². The summed E-state index contributed by atoms with van der Waals surface area (Å²) in [4.78, 5) is 22.9. The number of hydrogen-bond acceptors (Lipinski definition) is 6. The number of aryl methyl sites for hydroxylation is 2. The van der Waals surface area contributed by atoms with Gasteiger partial charge in [-0.05, 0) is 55.3 Å². The fraction of sp³-hybridized carbons (Fsp3) is 0.125. The third kappa shape index (κ3) is 5.11. The van der Waals surface area contributed by atoms with Gasteiger partial charge in [-0.15, -0.1) is 10.2 Å². The Balaban J connectivity index is 1.62. The molecule has 1 aromatic heterocycles. The van der Waals surface area contributed by atoms with E-state index in [9.17, 15) is 14.9 Å². The Kier molecular flexibility index (Phi) is 6.95. The van der Waals surface area contributed by atoms with Crippen molar-refractivity contribution in [3.63, 3.8) is 0 Å². The molecule has 8 nitrogen and oxygen atoms in total. The van der Waals surface area contributed by atoms with Crippen molar-refractivity contribution < 1.29 is 9.72 Å². The molecule has 1 N–H and O–H groups in total. The highest BCUT2D eigenvalue weighted by Crippen LogP contribution is 2.33. The van der Waals surface area contributed by atoms with Gasteiger partial charge in [0, 0.05) is 23.4 Å². The van der Waals surface area contributed by atoms with Gasteiger partial charge >= 0.3 is 0 Å². The van der Waals surface area contributed by atoms with Gasteiger partial charge in [-0.1, -0.05) is 47.6 Å². The second kappa shape index (κ2) is 10.1. The monoisotopic (exact) mass is 493 g/mol. The topological polar surface area (TPSA) is 103 Å². The molecule has 0 aliphatic heterocycles. The van der Waals surface area contributed by atoms with Crippen molar-refractivity contribution in [1.29, 1.82) is 0 Å². The maximum atomic E-state index is 12.6. The molecule has 0 aliphatic carbocycles. The number of carbonyl (C=O) groups excluding carboxylic acids is 1. The number of aromatic nitrogens is 3. The maximum absolute atomic E-state index is 12.6. The van der Waals surface area contributed by atoms with Crippen molar-refractivity contribution in [2.75, 3.05) is 11.1 Å². The molecular formula is C24H20ClN5O3S. The van der Waals surface area contributed by atoms with E-state index in [1.54, 1.807) is 6.07 Å². The standard InChI is InChI=1S/C24H20ClN5O3S/c1-15-7-8-16(2)21(13-15)29-23(19-5-3-4-6-20(19)25)27-28-24(29)34-14-22(31)26-17-9-11-18(12-10-17)30(32)33/h3-13H,14H2,1-2H3,(H,26,31). The quantitative estimate of drug-likeness (QED) is 0.197. The Labute approximate surface area is 205 Å². The zero-order valence-corrected chi connectivity index (χ0v) is 19.9. The lowest BCUT2D eigenvalue weighted by atomic mass is 10.1. The Bertz CT molecular complexity index is 1370. The first-order valence-corrected chi connectivity index (χ1v) is 11.6. The first-order chi connectivity index (χ1) is 16.3. The number of nitro groups is 1. The fourth-order valence-electron chi connectivity index (χ4n) is 3.35. The van der Waals surface area contributed by atoms with Crippen LogP contribution in [0.15, 0.2) is 71.9 Å². The molecule has 10 heteroatoms. The van der Waals surface area contributed by atoms with Crippen molar-refractivity contribution in [2.45, 2.75) is 19.0 Å². The van der Waals surface area contributed by atoms with Gasteiger partial charge in [0.25, 0.3) is 5.69 Å². The zero-order chi connectivity index (χ0) is 24.2. The van der Waals surface area contributed by atoms with E-state index in [0.717, 1.165) is 22.4 Å². The molecule has 4 aromatic rings. The van der Waals surface area contributed by atoms with E-state index in [-0.39, 0.29) is 17.3 Å². The Morgan fingerprint density at radius 3 is 2.53 bits per heavy atom. The molecule has 0 spiro atoms. The van der Waals surface area contributed by atoms with Crippen LogP contribution in [0.25, 0.3) is 17.1 Å². The van der Waals surface area contributed by atoms with Crippen molar-refractivity contribution in [1.82, 2.24) is 14.8 Å². The van der Waals surface area contributed by atoms with Gasteiger partial charge in [0.15, 0.2) is 11.0 Å². The van der Waals surface area contributed by atoms with Gasteiger partial charge in [-0.3, -0.25) is 19.5 Å². The highest BCUT2D eigenvalue weighted by atomic mass is 35.5. The summed E-state index contributed by atoms with van der Waals surface area (Å²) >= 11 is 7.69. The number of carbonyl (C=O) groups is 1. The van der Waals surface area contributed by atoms with Gasteiger partial charge < -0.3 is 5.32 Å². The molecule has 0 bridgehead atoms. The summed E-state index contributed by atoms with van der Waals surface area (Å²) in [5.74, 6) is 0.383. The van der Waals surface area contributed by atoms with E-state index in [1.807, 2.05) is 54.8 Å². The number of non-ortho nitro benzene ring substituents is 1. The smallest absolute Gasteiger partial charge is 0.269 e. The Hall–Kier alpha value is -3.69. The molecule has 0 aliphatic rings. The van der Waals surface area contributed by atoms with Crippen LogP contribution in [0.3, 0.4) is 0 Å². The van der Waals surface area contributed by atoms with Crippen LogP contribution in [-0.2, 0) is 4.79 Å². The lowest BCUT2D eigenvalue weighted by molar-refractivity contribution is -0.384. The van der Waals surface area contributed by atoms with E-state index >= 15 is 0 Å². The molecular weight excluding hydrogens is 474 g/mol. The molecule has 1 amide bonds. The van der Waals surface area contributed by atoms with Crippen LogP contribution in [0.4, 0.5) is 11.4 Å². The first-order valence-electron chi connectivity index (χ1n) is 10.3. The Morgan fingerprint density at radius 2 is 1.82 bits per heavy atom. The van der Waals surface area contributed by atoms with E-state index < -0.39 is 4.92 Å². The molecule has 0 unspecified atom stereocenters. The maximum Gasteiger partial charge on any atom is 0.269 e. The predicted molar refractivity (Wildman–Crippen MR) is 134 cm³/mol. The minimum Gasteiger partial charge on any atom is -0.325 e. The number of hydrogen-bond donors (Lipinski definition) is 1. The molecule has 0 fully saturated rings. The van der Waals surface area contributed by atoms with E-state index in [1.165, 1.54) is 36.0 Å². The second-order valence-corrected chi connectivity index (χ2v) is 8.90. The predicted octanol–water partition coefficient (Wildman–Crippen LogP) is 5.84. The molecule has 0 atom stereocenters. The number of anilines is 1. The van der Waals surface area contributed by atoms with Crippen molar-refractivity contribution in [2.24, 2.45) is 0 Å². The highest BCUT2D eigenvalue weighted by Gasteiger charge is 2.20. The van der Waals surface area contributed by atoms with Crippen molar-refractivity contribution >= 4 is 40.6 Å². The van der Waals surface area contributed by atoms with Crippen LogP contribution < -0.4 is 5.32 Å². The van der Waals surface area contributed by atoms with Crippen LogP contribution >= 0.6 is 23.4 Å². The van der Waals surface area contributed by atoms with E-state index in [2.05, 4.69) is 15.5 Å². The summed E-state index contributed by atoms with van der Waals surface area (Å²) in [7, 11) is 0. The lowest BCUT2D eigenvalue weighted by Crippen LogP contribution is -2.14. The van der Waals surface area contributed by atoms with Crippen LogP contribution in [0, 0.1) is 24.0 Å². The number of amides is 1. The number of thioether (sulfide) groups is 1. The minimum absolute atomic E-state index is 0.0406. The van der Waals surface area contributed by atoms with Gasteiger partial charge in [-0.25, -0.2) is 0 Å². The molecule has 0 saturated heterocycles. The number of nitrogens with zero attached hydrogens (tertiary/aromatic N) is 4. The third-order valence-electron chi connectivity index (χ3n) is 5.05. The average Bonchev–Trinajstić information content (AvgIpc) is 3.23. The summed E-state index contributed by atoms with van der Waals surface area (Å²) in [6, 6.07) is 19.2. The second-order valence-electron chi connectivity index (χ2n) is 7.55. The number of halogens is 1. The summed E-state index contributed by atoms with van der Waals surface area (Å²) in [5.41, 5.74) is 4.17. The van der Waals surface area contributed by atoms with Crippen LogP contribution in [0.2, 0.25) is 5.02 Å². The number of rotatable bonds is 7. The Morgan fingerprint density at radius 1 is 1.09 bits per heavy atom. The van der Waals surface area contributed by atoms with Gasteiger partial charge in [0.2, 0.25) is 5.91 Å². The SMILES string of the molecule is Cc1ccc(C)c(-n2c(SCC(=O)Nc3ccc([N+](=O)[O-])cc3)nnc2-c2ccccc2Cl)c1. The molecule has 3 aromatic carbocycles. The van der Waals surface area contributed by atoms with Gasteiger partial charge in [0.1, 0.15) is 0 Å². The van der Waals surface area contributed by atoms with Gasteiger partial charge in [-0.2, -0.15) is 0 Å². The summed E-state index contributed by atoms with van der Waals surface area (Å²) in [5, 5.41) is 23.4. The largest absolute Gasteiger partial charge is 0.325 e. The van der Waals surface area contributed by atoms with E-state index in [0.29, 0.717) is 21.7 Å². The minimum atomic E-state index is -0.488. The highest BCUT2D eigenvalue weighted by molar-refractivity contribution is 7.99. The molecule has 0 radical (unpaired) electrons. The summed E-state index contributed by atoms with van der Waals surface area (Å²) < 4.78 is 1.91. The third-order valence-corrected chi connectivity index (χ3v) is 6.31. The average molecular weight is 494 g/mol. The molecule has 1 heterocycles. The summed E-state index contributed by atoms with van der Waals surface area (Å²) in [6.07, 6.45) is 0.